The maximum Gasteiger partial charge on any atom is 0.271 e. The third kappa shape index (κ3) is 1.53. The number of amides is 2. The number of nitrogens with zero attached hydrogens (tertiary/aromatic N) is 2. The first-order chi connectivity index (χ1) is 10.1. The summed E-state index contributed by atoms with van der Waals surface area (Å²) in [6.07, 6.45) is 4.91. The first-order valence-electron chi connectivity index (χ1n) is 6.88. The number of rotatable bonds is 2. The maximum atomic E-state index is 12.6. The third-order valence-electron chi connectivity index (χ3n) is 4.77. The van der Waals surface area contributed by atoms with Gasteiger partial charge in [0, 0.05) is 12.1 Å². The second-order valence-corrected chi connectivity index (χ2v) is 5.79. The summed E-state index contributed by atoms with van der Waals surface area (Å²) in [4.78, 5) is 36.6. The summed E-state index contributed by atoms with van der Waals surface area (Å²) >= 11 is 0. The molecule has 21 heavy (non-hydrogen) atoms. The van der Waals surface area contributed by atoms with Gasteiger partial charge in [0.2, 0.25) is 11.8 Å². The fourth-order valence-electron chi connectivity index (χ4n) is 3.90. The van der Waals surface area contributed by atoms with Gasteiger partial charge in [-0.3, -0.25) is 19.7 Å². The van der Waals surface area contributed by atoms with Crippen LogP contribution in [0.2, 0.25) is 0 Å². The highest BCUT2D eigenvalue weighted by molar-refractivity contribution is 6.22. The van der Waals surface area contributed by atoms with Crippen molar-refractivity contribution in [2.45, 2.75) is 6.42 Å². The standard InChI is InChI=1S/C15H12N2O4/c18-14-12-8-4-5-9(6-8)13(12)15(19)16(14)10-2-1-3-11(7-10)17(20)21/h1-5,7-9,12-13H,6H2/t8-,9-,12-,13+/m0/s1. The van der Waals surface area contributed by atoms with Crippen LogP contribution in [0.3, 0.4) is 0 Å². The van der Waals surface area contributed by atoms with E-state index in [9.17, 15) is 19.7 Å². The van der Waals surface area contributed by atoms with Crippen LogP contribution in [-0.4, -0.2) is 16.7 Å². The Morgan fingerprint density at radius 2 is 1.71 bits per heavy atom. The van der Waals surface area contributed by atoms with Gasteiger partial charge in [0.05, 0.1) is 22.4 Å². The molecule has 6 heteroatoms. The smallest absolute Gasteiger partial charge is 0.271 e. The van der Waals surface area contributed by atoms with Gasteiger partial charge in [0.1, 0.15) is 0 Å². The number of carbonyl (C=O) groups is 2. The molecule has 1 aliphatic heterocycles. The average molecular weight is 284 g/mol. The SMILES string of the molecule is O=C1[C@@H]2[C@H](C(=O)N1c1cccc([N+](=O)[O-])c1)[C@H]1C=C[C@H]2C1. The van der Waals surface area contributed by atoms with Crippen molar-refractivity contribution in [2.24, 2.45) is 23.7 Å². The predicted octanol–water partition coefficient (Wildman–Crippen LogP) is 1.91. The number of nitro benzene ring substituents is 1. The Balaban J connectivity index is 1.74. The topological polar surface area (TPSA) is 80.5 Å². The molecule has 2 amide bonds. The molecule has 1 saturated carbocycles. The Kier molecular flexibility index (Phi) is 2.34. The summed E-state index contributed by atoms with van der Waals surface area (Å²) in [6.45, 7) is 0. The molecule has 1 saturated heterocycles. The molecule has 0 N–H and O–H groups in total. The number of benzene rings is 1. The molecule has 4 atom stereocenters. The van der Waals surface area contributed by atoms with Gasteiger partial charge in [0.15, 0.2) is 0 Å². The van der Waals surface area contributed by atoms with E-state index in [0.717, 1.165) is 11.3 Å². The minimum atomic E-state index is -0.527. The van der Waals surface area contributed by atoms with Gasteiger partial charge in [-0.2, -0.15) is 0 Å². The van der Waals surface area contributed by atoms with Gasteiger partial charge in [-0.15, -0.1) is 0 Å². The Morgan fingerprint density at radius 1 is 1.10 bits per heavy atom. The molecule has 1 heterocycles. The summed E-state index contributed by atoms with van der Waals surface area (Å²) in [6, 6.07) is 5.70. The lowest BCUT2D eigenvalue weighted by molar-refractivity contribution is -0.384. The van der Waals surface area contributed by atoms with Crippen molar-refractivity contribution < 1.29 is 14.5 Å². The fraction of sp³-hybridized carbons (Fsp3) is 0.333. The van der Waals surface area contributed by atoms with Gasteiger partial charge in [0.25, 0.3) is 5.69 Å². The van der Waals surface area contributed by atoms with Crippen molar-refractivity contribution >= 4 is 23.2 Å². The summed E-state index contributed by atoms with van der Waals surface area (Å²) in [7, 11) is 0. The number of anilines is 1. The van der Waals surface area contributed by atoms with E-state index in [0.29, 0.717) is 5.69 Å². The molecule has 0 radical (unpaired) electrons. The Bertz CT molecular complexity index is 681. The maximum absolute atomic E-state index is 12.6. The number of hydrogen-bond donors (Lipinski definition) is 0. The Morgan fingerprint density at radius 3 is 2.29 bits per heavy atom. The predicted molar refractivity (Wildman–Crippen MR) is 73.3 cm³/mol. The quantitative estimate of drug-likeness (QED) is 0.359. The van der Waals surface area contributed by atoms with E-state index in [1.165, 1.54) is 18.2 Å². The Hall–Kier alpha value is -2.50. The van der Waals surface area contributed by atoms with Gasteiger partial charge in [-0.1, -0.05) is 18.2 Å². The number of non-ortho nitro benzene ring substituents is 1. The molecule has 2 bridgehead atoms. The zero-order chi connectivity index (χ0) is 14.7. The molecule has 1 aromatic rings. The van der Waals surface area contributed by atoms with Crippen molar-refractivity contribution in [1.82, 2.24) is 0 Å². The summed E-state index contributed by atoms with van der Waals surface area (Å²) in [5.74, 6) is -0.733. The van der Waals surface area contributed by atoms with Crippen molar-refractivity contribution in [1.29, 1.82) is 0 Å². The highest BCUT2D eigenvalue weighted by atomic mass is 16.6. The first-order valence-corrected chi connectivity index (χ1v) is 6.88. The molecular formula is C15H12N2O4. The minimum Gasteiger partial charge on any atom is -0.274 e. The van der Waals surface area contributed by atoms with Gasteiger partial charge in [-0.05, 0) is 24.3 Å². The number of imide groups is 1. The van der Waals surface area contributed by atoms with Gasteiger partial charge in [-0.25, -0.2) is 4.90 Å². The monoisotopic (exact) mass is 284 g/mol. The largest absolute Gasteiger partial charge is 0.274 e. The fourth-order valence-corrected chi connectivity index (χ4v) is 3.90. The lowest BCUT2D eigenvalue weighted by atomic mass is 9.85. The van der Waals surface area contributed by atoms with E-state index in [2.05, 4.69) is 0 Å². The zero-order valence-corrected chi connectivity index (χ0v) is 11.0. The average Bonchev–Trinajstić information content (AvgIpc) is 3.13. The molecule has 3 aliphatic rings. The lowest BCUT2D eigenvalue weighted by Gasteiger charge is -2.16. The van der Waals surface area contributed by atoms with Gasteiger partial charge < -0.3 is 0 Å². The molecule has 0 aromatic heterocycles. The molecule has 2 aliphatic carbocycles. The highest BCUT2D eigenvalue weighted by Crippen LogP contribution is 2.53. The van der Waals surface area contributed by atoms with E-state index in [1.54, 1.807) is 6.07 Å². The number of carbonyl (C=O) groups excluding carboxylic acids is 2. The second kappa shape index (κ2) is 4.00. The van der Waals surface area contributed by atoms with E-state index in [4.69, 9.17) is 0 Å². The van der Waals surface area contributed by atoms with Crippen LogP contribution >= 0.6 is 0 Å². The zero-order valence-electron chi connectivity index (χ0n) is 11.0. The minimum absolute atomic E-state index is 0.119. The number of allylic oxidation sites excluding steroid dienone is 2. The summed E-state index contributed by atoms with van der Waals surface area (Å²) < 4.78 is 0. The number of hydrogen-bond acceptors (Lipinski definition) is 4. The van der Waals surface area contributed by atoms with Crippen LogP contribution in [-0.2, 0) is 9.59 Å². The number of fused-ring (bicyclic) bond motifs is 5. The van der Waals surface area contributed by atoms with Crippen LogP contribution in [0.5, 0.6) is 0 Å². The summed E-state index contributed by atoms with van der Waals surface area (Å²) in [5, 5.41) is 10.8. The number of nitro groups is 1. The molecule has 106 valence electrons. The van der Waals surface area contributed by atoms with Gasteiger partial charge >= 0.3 is 0 Å². The van der Waals surface area contributed by atoms with E-state index in [-0.39, 0.29) is 41.2 Å². The van der Waals surface area contributed by atoms with Crippen molar-refractivity contribution in [3.8, 4) is 0 Å². The molecule has 2 fully saturated rings. The summed E-state index contributed by atoms with van der Waals surface area (Å²) in [5.41, 5.74) is 0.180. The first kappa shape index (κ1) is 12.3. The molecule has 0 unspecified atom stereocenters. The van der Waals surface area contributed by atoms with E-state index < -0.39 is 4.92 Å². The van der Waals surface area contributed by atoms with Crippen LogP contribution in [0.25, 0.3) is 0 Å². The molecule has 1 aromatic carbocycles. The van der Waals surface area contributed by atoms with Crippen LogP contribution < -0.4 is 4.90 Å². The lowest BCUT2D eigenvalue weighted by Crippen LogP contribution is -2.32. The van der Waals surface area contributed by atoms with Crippen molar-refractivity contribution in [2.75, 3.05) is 4.90 Å². The van der Waals surface area contributed by atoms with Crippen LogP contribution in [0.15, 0.2) is 36.4 Å². The van der Waals surface area contributed by atoms with Crippen LogP contribution in [0.4, 0.5) is 11.4 Å². The molecule has 6 nitrogen and oxygen atoms in total. The molecule has 0 spiro atoms. The normalized spacial score (nSPS) is 32.9. The molecular weight excluding hydrogens is 272 g/mol. The Labute approximate surface area is 120 Å². The highest BCUT2D eigenvalue weighted by Gasteiger charge is 2.59. The second-order valence-electron chi connectivity index (χ2n) is 5.79. The van der Waals surface area contributed by atoms with E-state index in [1.807, 2.05) is 12.2 Å². The third-order valence-corrected chi connectivity index (χ3v) is 4.77. The van der Waals surface area contributed by atoms with Crippen molar-refractivity contribution in [3.05, 3.63) is 46.5 Å². The van der Waals surface area contributed by atoms with Crippen molar-refractivity contribution in [3.63, 3.8) is 0 Å². The molecule has 4 rings (SSSR count). The van der Waals surface area contributed by atoms with Crippen LogP contribution in [0.1, 0.15) is 6.42 Å². The van der Waals surface area contributed by atoms with E-state index >= 15 is 0 Å². The van der Waals surface area contributed by atoms with Crippen LogP contribution in [0, 0.1) is 33.8 Å².